The largest absolute Gasteiger partial charge is 0.385 e. The number of carbonyl (C=O) groups is 1. The third kappa shape index (κ3) is 4.49. The van der Waals surface area contributed by atoms with E-state index in [-0.39, 0.29) is 5.91 Å². The summed E-state index contributed by atoms with van der Waals surface area (Å²) >= 11 is 0. The first-order valence-electron chi connectivity index (χ1n) is 7.83. The molecule has 0 N–H and O–H groups in total. The van der Waals surface area contributed by atoms with Crippen LogP contribution in [0.5, 0.6) is 0 Å². The Kier molecular flexibility index (Phi) is 6.11. The molecule has 0 saturated carbocycles. The van der Waals surface area contributed by atoms with Gasteiger partial charge in [0.05, 0.1) is 5.56 Å². The number of likely N-dealkylation sites (tertiary alicyclic amines) is 1. The Morgan fingerprint density at radius 2 is 2.19 bits per heavy atom. The number of ether oxygens (including phenoxy) is 1. The number of hydrogen-bond acceptors (Lipinski definition) is 4. The molecule has 1 aliphatic rings. The van der Waals surface area contributed by atoms with Crippen LogP contribution < -0.4 is 0 Å². The molecule has 0 radical (unpaired) electrons. The molecule has 1 amide bonds. The predicted octanol–water partition coefficient (Wildman–Crippen LogP) is 2.32. The van der Waals surface area contributed by atoms with Crippen molar-refractivity contribution >= 4 is 5.91 Å². The van der Waals surface area contributed by atoms with Crippen molar-refractivity contribution in [1.82, 2.24) is 14.9 Å². The van der Waals surface area contributed by atoms with E-state index in [0.717, 1.165) is 51.2 Å². The smallest absolute Gasteiger partial charge is 0.256 e. The Labute approximate surface area is 126 Å². The summed E-state index contributed by atoms with van der Waals surface area (Å²) in [7, 11) is 1.73. The minimum atomic E-state index is 0.0640. The molecule has 1 aromatic heterocycles. The summed E-state index contributed by atoms with van der Waals surface area (Å²) in [5.41, 5.74) is 0.602. The number of carbonyl (C=O) groups excluding carboxylic acids is 1. The molecule has 5 nitrogen and oxygen atoms in total. The van der Waals surface area contributed by atoms with Crippen molar-refractivity contribution in [2.45, 2.75) is 39.0 Å². The average molecular weight is 291 g/mol. The van der Waals surface area contributed by atoms with Gasteiger partial charge in [0.2, 0.25) is 0 Å². The summed E-state index contributed by atoms with van der Waals surface area (Å²) in [6.07, 6.45) is 8.58. The van der Waals surface area contributed by atoms with Gasteiger partial charge >= 0.3 is 0 Å². The number of hydrogen-bond donors (Lipinski definition) is 0. The molecule has 1 aliphatic heterocycles. The number of amides is 1. The average Bonchev–Trinajstić information content (AvgIpc) is 2.55. The van der Waals surface area contributed by atoms with Gasteiger partial charge in [-0.05, 0) is 31.6 Å². The maximum Gasteiger partial charge on any atom is 0.256 e. The van der Waals surface area contributed by atoms with Gasteiger partial charge in [-0.2, -0.15) is 0 Å². The van der Waals surface area contributed by atoms with Crippen LogP contribution in [0.3, 0.4) is 0 Å². The van der Waals surface area contributed by atoms with Gasteiger partial charge in [0, 0.05) is 45.6 Å². The molecule has 0 unspecified atom stereocenters. The maximum absolute atomic E-state index is 12.5. The fraction of sp³-hybridized carbons (Fsp3) is 0.688. The van der Waals surface area contributed by atoms with E-state index in [0.29, 0.717) is 11.5 Å². The zero-order valence-corrected chi connectivity index (χ0v) is 13.0. The van der Waals surface area contributed by atoms with Crippen LogP contribution in [-0.4, -0.2) is 47.6 Å². The van der Waals surface area contributed by atoms with Gasteiger partial charge in [0.1, 0.15) is 5.82 Å². The highest BCUT2D eigenvalue weighted by atomic mass is 16.5. The molecule has 1 fully saturated rings. The van der Waals surface area contributed by atoms with Crippen molar-refractivity contribution in [3.05, 3.63) is 23.8 Å². The first-order valence-corrected chi connectivity index (χ1v) is 7.83. The van der Waals surface area contributed by atoms with E-state index in [1.807, 2.05) is 11.8 Å². The summed E-state index contributed by atoms with van der Waals surface area (Å²) < 4.78 is 5.10. The predicted molar refractivity (Wildman–Crippen MR) is 81.1 cm³/mol. The zero-order valence-electron chi connectivity index (χ0n) is 13.0. The van der Waals surface area contributed by atoms with Crippen molar-refractivity contribution in [2.24, 2.45) is 5.92 Å². The number of aromatic nitrogens is 2. The van der Waals surface area contributed by atoms with Crippen LogP contribution >= 0.6 is 0 Å². The Bertz CT molecular complexity index is 447. The number of rotatable bonds is 6. The normalized spacial score (nSPS) is 18.8. The maximum atomic E-state index is 12.5. The molecule has 2 rings (SSSR count). The van der Waals surface area contributed by atoms with Crippen LogP contribution in [0.4, 0.5) is 0 Å². The topological polar surface area (TPSA) is 55.3 Å². The van der Waals surface area contributed by atoms with E-state index < -0.39 is 0 Å². The van der Waals surface area contributed by atoms with Gasteiger partial charge in [-0.1, -0.05) is 6.92 Å². The number of methoxy groups -OCH3 is 1. The van der Waals surface area contributed by atoms with E-state index in [1.54, 1.807) is 19.5 Å². The molecule has 2 heterocycles. The van der Waals surface area contributed by atoms with Gasteiger partial charge in [-0.25, -0.2) is 9.97 Å². The van der Waals surface area contributed by atoms with Crippen LogP contribution in [0.2, 0.25) is 0 Å². The SMILES string of the molecule is CCc1ncc(C(=O)N2CCC[C@@H](CCCOC)C2)cn1. The van der Waals surface area contributed by atoms with Crippen molar-refractivity contribution < 1.29 is 9.53 Å². The molecule has 0 aliphatic carbocycles. The Hall–Kier alpha value is -1.49. The molecular formula is C16H25N3O2. The highest BCUT2D eigenvalue weighted by Gasteiger charge is 2.24. The summed E-state index contributed by atoms with van der Waals surface area (Å²) in [6.45, 7) is 4.50. The number of nitrogens with zero attached hydrogens (tertiary/aromatic N) is 3. The lowest BCUT2D eigenvalue weighted by molar-refractivity contribution is 0.0659. The van der Waals surface area contributed by atoms with Crippen molar-refractivity contribution in [3.63, 3.8) is 0 Å². The van der Waals surface area contributed by atoms with Gasteiger partial charge in [-0.15, -0.1) is 0 Å². The highest BCUT2D eigenvalue weighted by molar-refractivity contribution is 5.93. The van der Waals surface area contributed by atoms with E-state index in [2.05, 4.69) is 9.97 Å². The second-order valence-corrected chi connectivity index (χ2v) is 5.64. The minimum Gasteiger partial charge on any atom is -0.385 e. The summed E-state index contributed by atoms with van der Waals surface area (Å²) in [6, 6.07) is 0. The van der Waals surface area contributed by atoms with Crippen molar-refractivity contribution in [1.29, 1.82) is 0 Å². The summed E-state index contributed by atoms with van der Waals surface area (Å²) in [5, 5.41) is 0. The van der Waals surface area contributed by atoms with E-state index in [1.165, 1.54) is 6.42 Å². The molecule has 21 heavy (non-hydrogen) atoms. The van der Waals surface area contributed by atoms with Crippen molar-refractivity contribution in [2.75, 3.05) is 26.8 Å². The van der Waals surface area contributed by atoms with Crippen LogP contribution in [0, 0.1) is 5.92 Å². The van der Waals surface area contributed by atoms with Gasteiger partial charge < -0.3 is 9.64 Å². The fourth-order valence-corrected chi connectivity index (χ4v) is 2.83. The van der Waals surface area contributed by atoms with Crippen LogP contribution in [0.1, 0.15) is 48.8 Å². The standard InChI is InChI=1S/C16H25N3O2/c1-3-15-17-10-14(11-18-15)16(20)19-8-4-6-13(12-19)7-5-9-21-2/h10-11,13H,3-9,12H2,1-2H3/t13-/m0/s1. The molecule has 5 heteroatoms. The fourth-order valence-electron chi connectivity index (χ4n) is 2.83. The van der Waals surface area contributed by atoms with Crippen LogP contribution in [-0.2, 0) is 11.2 Å². The van der Waals surface area contributed by atoms with Gasteiger partial charge in [-0.3, -0.25) is 4.79 Å². The van der Waals surface area contributed by atoms with E-state index >= 15 is 0 Å². The molecule has 0 bridgehead atoms. The summed E-state index contributed by atoms with van der Waals surface area (Å²) in [5.74, 6) is 1.44. The molecule has 1 aromatic rings. The monoisotopic (exact) mass is 291 g/mol. The van der Waals surface area contributed by atoms with Crippen LogP contribution in [0.25, 0.3) is 0 Å². The lowest BCUT2D eigenvalue weighted by Crippen LogP contribution is -2.40. The summed E-state index contributed by atoms with van der Waals surface area (Å²) in [4.78, 5) is 22.9. The zero-order chi connectivity index (χ0) is 15.1. The lowest BCUT2D eigenvalue weighted by atomic mass is 9.93. The first kappa shape index (κ1) is 15.9. The molecule has 0 spiro atoms. The molecule has 0 aromatic carbocycles. The first-order chi connectivity index (χ1) is 10.2. The van der Waals surface area contributed by atoms with Gasteiger partial charge in [0.25, 0.3) is 5.91 Å². The lowest BCUT2D eigenvalue weighted by Gasteiger charge is -2.32. The minimum absolute atomic E-state index is 0.0640. The third-order valence-corrected chi connectivity index (χ3v) is 4.04. The molecule has 1 saturated heterocycles. The number of piperidine rings is 1. The Morgan fingerprint density at radius 1 is 1.43 bits per heavy atom. The Morgan fingerprint density at radius 3 is 2.86 bits per heavy atom. The Balaban J connectivity index is 1.91. The van der Waals surface area contributed by atoms with Gasteiger partial charge in [0.15, 0.2) is 0 Å². The third-order valence-electron chi connectivity index (χ3n) is 4.04. The highest BCUT2D eigenvalue weighted by Crippen LogP contribution is 2.22. The second kappa shape index (κ2) is 8.08. The number of aryl methyl sites for hydroxylation is 1. The van der Waals surface area contributed by atoms with E-state index in [4.69, 9.17) is 4.74 Å². The molecule has 1 atom stereocenters. The quantitative estimate of drug-likeness (QED) is 0.755. The molecular weight excluding hydrogens is 266 g/mol. The van der Waals surface area contributed by atoms with Crippen molar-refractivity contribution in [3.8, 4) is 0 Å². The van der Waals surface area contributed by atoms with E-state index in [9.17, 15) is 4.79 Å². The van der Waals surface area contributed by atoms with Crippen LogP contribution in [0.15, 0.2) is 12.4 Å². The molecule has 116 valence electrons. The second-order valence-electron chi connectivity index (χ2n) is 5.64.